The Bertz CT molecular complexity index is 394. The third-order valence-electron chi connectivity index (χ3n) is 2.26. The molecule has 0 fully saturated rings. The number of nitro groups is 1. The van der Waals surface area contributed by atoms with Crippen molar-refractivity contribution in [2.45, 2.75) is 12.0 Å². The highest BCUT2D eigenvalue weighted by molar-refractivity contribution is 5.92. The average molecular weight is 226 g/mol. The van der Waals surface area contributed by atoms with Crippen molar-refractivity contribution in [3.8, 4) is 0 Å². The van der Waals surface area contributed by atoms with Crippen LogP contribution in [0.5, 0.6) is 0 Å². The Morgan fingerprint density at radius 1 is 1.56 bits per heavy atom. The molecule has 0 heterocycles. The molecule has 1 aliphatic rings. The second kappa shape index (κ2) is 4.13. The Kier molecular flexibility index (Phi) is 3.07. The Morgan fingerprint density at radius 2 is 2.19 bits per heavy atom. The summed E-state index contributed by atoms with van der Waals surface area (Å²) in [5.41, 5.74) is -2.47. The lowest BCUT2D eigenvalue weighted by Crippen LogP contribution is -2.53. The summed E-state index contributed by atoms with van der Waals surface area (Å²) in [7, 11) is 1.11. The Morgan fingerprint density at radius 3 is 2.62 bits per heavy atom. The summed E-state index contributed by atoms with van der Waals surface area (Å²) in [5.74, 6) is -2.65. The van der Waals surface area contributed by atoms with Crippen LogP contribution in [-0.4, -0.2) is 29.5 Å². The summed E-state index contributed by atoms with van der Waals surface area (Å²) < 4.78 is 4.37. The molecule has 0 N–H and O–H groups in total. The van der Waals surface area contributed by atoms with E-state index >= 15 is 0 Å². The monoisotopic (exact) mass is 226 g/mol. The van der Waals surface area contributed by atoms with Gasteiger partial charge in [0.1, 0.15) is 5.97 Å². The smallest absolute Gasteiger partial charge is 0.334 e. The van der Waals surface area contributed by atoms with E-state index in [2.05, 4.69) is 4.74 Å². The van der Waals surface area contributed by atoms with Gasteiger partial charge in [0.25, 0.3) is 5.54 Å². The number of carboxylic acids is 1. The molecule has 0 aliphatic heterocycles. The molecule has 0 aromatic carbocycles. The van der Waals surface area contributed by atoms with Gasteiger partial charge in [-0.1, -0.05) is 12.2 Å². The van der Waals surface area contributed by atoms with Crippen LogP contribution in [0.3, 0.4) is 0 Å². The van der Waals surface area contributed by atoms with Crippen molar-refractivity contribution in [2.24, 2.45) is 0 Å². The lowest BCUT2D eigenvalue weighted by molar-refractivity contribution is -0.553. The van der Waals surface area contributed by atoms with Crippen LogP contribution in [0.4, 0.5) is 0 Å². The Hall–Kier alpha value is -2.18. The van der Waals surface area contributed by atoms with Crippen LogP contribution in [0.25, 0.3) is 0 Å². The lowest BCUT2D eigenvalue weighted by atomic mass is 9.87. The number of carboxylic acid groups (broad SMARTS) is 1. The number of aliphatic carboxylic acids is 1. The van der Waals surface area contributed by atoms with Gasteiger partial charge in [-0.3, -0.25) is 10.1 Å². The van der Waals surface area contributed by atoms with Gasteiger partial charge in [-0.15, -0.1) is 0 Å². The molecular formula is C9H8NO6-. The zero-order chi connectivity index (χ0) is 12.3. The van der Waals surface area contributed by atoms with Crippen LogP contribution in [0, 0.1) is 10.1 Å². The molecule has 0 spiro atoms. The second-order valence-electron chi connectivity index (χ2n) is 3.19. The van der Waals surface area contributed by atoms with E-state index in [-0.39, 0.29) is 5.57 Å². The summed E-state index contributed by atoms with van der Waals surface area (Å²) in [6, 6.07) is 0. The fourth-order valence-electron chi connectivity index (χ4n) is 1.34. The number of allylic oxidation sites excluding steroid dienone is 2. The van der Waals surface area contributed by atoms with Gasteiger partial charge in [0.2, 0.25) is 0 Å². The number of esters is 1. The number of rotatable bonds is 3. The number of methoxy groups -OCH3 is 1. The summed E-state index contributed by atoms with van der Waals surface area (Å²) in [6.45, 7) is 0. The zero-order valence-corrected chi connectivity index (χ0v) is 8.34. The van der Waals surface area contributed by atoms with E-state index < -0.39 is 28.8 Å². The predicted octanol–water partition coefficient (Wildman–Crippen LogP) is -1.19. The van der Waals surface area contributed by atoms with Crippen LogP contribution in [0.2, 0.25) is 0 Å². The standard InChI is InChI=1S/C9H9NO6/c1-16-7(11)6-3-2-4-9(5-6,8(12)13)10(14)15/h2-4H,5H2,1H3,(H,12,13)/p-1. The Labute approximate surface area is 90.2 Å². The third-order valence-corrected chi connectivity index (χ3v) is 2.26. The maximum absolute atomic E-state index is 11.1. The van der Waals surface area contributed by atoms with Crippen LogP contribution in [0.15, 0.2) is 23.8 Å². The molecule has 0 saturated heterocycles. The highest BCUT2D eigenvalue weighted by atomic mass is 16.6. The van der Waals surface area contributed by atoms with Crippen LogP contribution in [0.1, 0.15) is 6.42 Å². The molecule has 0 aromatic heterocycles. The zero-order valence-electron chi connectivity index (χ0n) is 8.34. The fourth-order valence-corrected chi connectivity index (χ4v) is 1.34. The minimum absolute atomic E-state index is 0.0779. The van der Waals surface area contributed by atoms with Crippen molar-refractivity contribution in [3.05, 3.63) is 33.9 Å². The average Bonchev–Trinajstić information content (AvgIpc) is 2.27. The van der Waals surface area contributed by atoms with E-state index in [1.54, 1.807) is 0 Å². The van der Waals surface area contributed by atoms with Gasteiger partial charge in [0, 0.05) is 10.5 Å². The summed E-state index contributed by atoms with van der Waals surface area (Å²) >= 11 is 0. The van der Waals surface area contributed by atoms with Crippen molar-refractivity contribution >= 4 is 11.9 Å². The fraction of sp³-hybridized carbons (Fsp3) is 0.333. The number of hydrogen-bond acceptors (Lipinski definition) is 6. The van der Waals surface area contributed by atoms with Gasteiger partial charge in [-0.05, 0) is 6.08 Å². The van der Waals surface area contributed by atoms with Gasteiger partial charge in [0.15, 0.2) is 0 Å². The van der Waals surface area contributed by atoms with E-state index in [0.717, 1.165) is 19.3 Å². The minimum Gasteiger partial charge on any atom is -0.543 e. The third kappa shape index (κ3) is 1.79. The molecule has 16 heavy (non-hydrogen) atoms. The molecule has 0 radical (unpaired) electrons. The van der Waals surface area contributed by atoms with Gasteiger partial charge >= 0.3 is 5.97 Å². The first kappa shape index (κ1) is 11.9. The number of nitrogens with zero attached hydrogens (tertiary/aromatic N) is 1. The van der Waals surface area contributed by atoms with Crippen molar-refractivity contribution in [3.63, 3.8) is 0 Å². The van der Waals surface area contributed by atoms with E-state index in [1.807, 2.05) is 0 Å². The second-order valence-corrected chi connectivity index (χ2v) is 3.19. The summed E-state index contributed by atoms with van der Waals surface area (Å²) in [5, 5.41) is 21.5. The van der Waals surface area contributed by atoms with Crippen LogP contribution in [-0.2, 0) is 14.3 Å². The van der Waals surface area contributed by atoms with Crippen molar-refractivity contribution in [2.75, 3.05) is 7.11 Å². The van der Waals surface area contributed by atoms with Crippen molar-refractivity contribution in [1.82, 2.24) is 0 Å². The van der Waals surface area contributed by atoms with E-state index in [1.165, 1.54) is 6.08 Å². The molecule has 1 atom stereocenters. The molecular weight excluding hydrogens is 218 g/mol. The molecule has 0 bridgehead atoms. The molecule has 86 valence electrons. The first-order valence-electron chi connectivity index (χ1n) is 4.26. The molecule has 0 saturated carbocycles. The first-order valence-corrected chi connectivity index (χ1v) is 4.26. The molecule has 7 heteroatoms. The highest BCUT2D eigenvalue weighted by Crippen LogP contribution is 2.26. The lowest BCUT2D eigenvalue weighted by Gasteiger charge is -2.25. The molecule has 0 aromatic rings. The first-order chi connectivity index (χ1) is 7.44. The van der Waals surface area contributed by atoms with E-state index in [9.17, 15) is 24.8 Å². The predicted molar refractivity (Wildman–Crippen MR) is 48.6 cm³/mol. The quantitative estimate of drug-likeness (QED) is 0.340. The highest BCUT2D eigenvalue weighted by Gasteiger charge is 2.45. The molecule has 1 unspecified atom stereocenters. The van der Waals surface area contributed by atoms with E-state index in [0.29, 0.717) is 0 Å². The number of carbonyl (C=O) groups excluding carboxylic acids is 2. The van der Waals surface area contributed by atoms with Crippen LogP contribution < -0.4 is 5.11 Å². The SMILES string of the molecule is COC(=O)C1=CC=CC(C(=O)[O-])([N+](=O)[O-])C1. The Balaban J connectivity index is 3.09. The number of hydrogen-bond donors (Lipinski definition) is 0. The topological polar surface area (TPSA) is 110 Å². The van der Waals surface area contributed by atoms with Gasteiger partial charge in [-0.2, -0.15) is 0 Å². The number of ether oxygens (including phenoxy) is 1. The maximum atomic E-state index is 11.1. The molecule has 1 aliphatic carbocycles. The summed E-state index contributed by atoms with van der Waals surface area (Å²) in [4.78, 5) is 31.7. The maximum Gasteiger partial charge on any atom is 0.334 e. The summed E-state index contributed by atoms with van der Waals surface area (Å²) in [6.07, 6.45) is 2.71. The van der Waals surface area contributed by atoms with Crippen molar-refractivity contribution < 1.29 is 24.4 Å². The largest absolute Gasteiger partial charge is 0.543 e. The normalized spacial score (nSPS) is 23.4. The molecule has 1 rings (SSSR count). The number of carbonyl (C=O) groups is 2. The van der Waals surface area contributed by atoms with Gasteiger partial charge in [0.05, 0.1) is 13.5 Å². The van der Waals surface area contributed by atoms with Gasteiger partial charge < -0.3 is 14.6 Å². The van der Waals surface area contributed by atoms with Gasteiger partial charge in [-0.25, -0.2) is 4.79 Å². The molecule has 7 nitrogen and oxygen atoms in total. The van der Waals surface area contributed by atoms with Crippen LogP contribution >= 0.6 is 0 Å². The van der Waals surface area contributed by atoms with Crippen molar-refractivity contribution in [1.29, 1.82) is 0 Å². The minimum atomic E-state index is -2.39. The molecule has 0 amide bonds. The van der Waals surface area contributed by atoms with E-state index in [4.69, 9.17) is 0 Å².